The molecule has 1 atom stereocenters. The standard InChI is InChI=1S/C11H14N2O2/c1-3-14-8-9(2)15-11-10(7-12)5-4-6-13-11/h4-6,9H,3,8H2,1-2H3. The minimum atomic E-state index is -0.105. The van der Waals surface area contributed by atoms with Gasteiger partial charge in [-0.2, -0.15) is 5.26 Å². The molecular formula is C11H14N2O2. The molecule has 0 spiro atoms. The summed E-state index contributed by atoms with van der Waals surface area (Å²) in [5.41, 5.74) is 0.445. The van der Waals surface area contributed by atoms with Crippen molar-refractivity contribution < 1.29 is 9.47 Å². The SMILES string of the molecule is CCOCC(C)Oc1ncccc1C#N. The number of rotatable bonds is 5. The highest BCUT2D eigenvalue weighted by Gasteiger charge is 2.08. The van der Waals surface area contributed by atoms with E-state index in [0.717, 1.165) is 0 Å². The van der Waals surface area contributed by atoms with E-state index in [1.165, 1.54) is 0 Å². The molecule has 0 aromatic carbocycles. The number of nitrogens with zero attached hydrogens (tertiary/aromatic N) is 2. The first kappa shape index (κ1) is 11.5. The van der Waals surface area contributed by atoms with E-state index >= 15 is 0 Å². The van der Waals surface area contributed by atoms with Gasteiger partial charge in [0, 0.05) is 12.8 Å². The van der Waals surface area contributed by atoms with Crippen LogP contribution in [-0.4, -0.2) is 24.3 Å². The molecule has 1 heterocycles. The van der Waals surface area contributed by atoms with Gasteiger partial charge in [-0.25, -0.2) is 4.98 Å². The van der Waals surface area contributed by atoms with E-state index in [-0.39, 0.29) is 6.10 Å². The van der Waals surface area contributed by atoms with Gasteiger partial charge >= 0.3 is 0 Å². The monoisotopic (exact) mass is 206 g/mol. The minimum Gasteiger partial charge on any atom is -0.471 e. The summed E-state index contributed by atoms with van der Waals surface area (Å²) in [7, 11) is 0. The Hall–Kier alpha value is -1.60. The van der Waals surface area contributed by atoms with E-state index in [4.69, 9.17) is 14.7 Å². The average Bonchev–Trinajstić information content (AvgIpc) is 2.27. The Balaban J connectivity index is 2.60. The van der Waals surface area contributed by atoms with Crippen LogP contribution in [0.25, 0.3) is 0 Å². The van der Waals surface area contributed by atoms with Gasteiger partial charge in [-0.15, -0.1) is 0 Å². The summed E-state index contributed by atoms with van der Waals surface area (Å²) in [4.78, 5) is 4.00. The Kier molecular flexibility index (Phi) is 4.58. The molecule has 1 aromatic heterocycles. The fourth-order valence-electron chi connectivity index (χ4n) is 1.08. The molecule has 0 radical (unpaired) electrons. The molecule has 0 aliphatic carbocycles. The molecule has 0 fully saturated rings. The average molecular weight is 206 g/mol. The first-order valence-corrected chi connectivity index (χ1v) is 4.87. The maximum Gasteiger partial charge on any atom is 0.231 e. The fraction of sp³-hybridized carbons (Fsp3) is 0.455. The van der Waals surface area contributed by atoms with Crippen molar-refractivity contribution in [2.45, 2.75) is 20.0 Å². The summed E-state index contributed by atoms with van der Waals surface area (Å²) in [5, 5.41) is 8.81. The molecule has 0 aliphatic rings. The normalized spacial score (nSPS) is 11.8. The predicted octanol–water partition coefficient (Wildman–Crippen LogP) is 1.76. The maximum absolute atomic E-state index is 8.81. The van der Waals surface area contributed by atoms with E-state index in [1.54, 1.807) is 18.3 Å². The fourth-order valence-corrected chi connectivity index (χ4v) is 1.08. The van der Waals surface area contributed by atoms with E-state index in [1.807, 2.05) is 19.9 Å². The maximum atomic E-state index is 8.81. The van der Waals surface area contributed by atoms with Crippen molar-refractivity contribution in [1.29, 1.82) is 5.26 Å². The smallest absolute Gasteiger partial charge is 0.231 e. The molecule has 0 amide bonds. The largest absolute Gasteiger partial charge is 0.471 e. The van der Waals surface area contributed by atoms with E-state index < -0.39 is 0 Å². The van der Waals surface area contributed by atoms with Gasteiger partial charge in [0.1, 0.15) is 17.7 Å². The molecule has 1 aromatic rings. The van der Waals surface area contributed by atoms with Crippen LogP contribution in [0.2, 0.25) is 0 Å². The van der Waals surface area contributed by atoms with Crippen molar-refractivity contribution in [2.75, 3.05) is 13.2 Å². The molecule has 80 valence electrons. The molecule has 1 unspecified atom stereocenters. The molecule has 4 nitrogen and oxygen atoms in total. The van der Waals surface area contributed by atoms with Crippen LogP contribution in [0.3, 0.4) is 0 Å². The molecule has 0 bridgehead atoms. The van der Waals surface area contributed by atoms with Gasteiger partial charge in [0.2, 0.25) is 5.88 Å². The topological polar surface area (TPSA) is 55.1 Å². The van der Waals surface area contributed by atoms with Crippen molar-refractivity contribution in [3.63, 3.8) is 0 Å². The van der Waals surface area contributed by atoms with Crippen molar-refractivity contribution in [3.8, 4) is 11.9 Å². The Bertz CT molecular complexity index is 347. The Morgan fingerprint density at radius 1 is 1.60 bits per heavy atom. The van der Waals surface area contributed by atoms with E-state index in [9.17, 15) is 0 Å². The lowest BCUT2D eigenvalue weighted by atomic mass is 10.3. The Morgan fingerprint density at radius 3 is 3.07 bits per heavy atom. The summed E-state index contributed by atoms with van der Waals surface area (Å²) >= 11 is 0. The summed E-state index contributed by atoms with van der Waals surface area (Å²) in [6.45, 7) is 4.96. The summed E-state index contributed by atoms with van der Waals surface area (Å²) in [6, 6.07) is 5.41. The predicted molar refractivity (Wildman–Crippen MR) is 55.5 cm³/mol. The molecule has 0 aliphatic heterocycles. The van der Waals surface area contributed by atoms with Crippen LogP contribution < -0.4 is 4.74 Å². The number of aromatic nitrogens is 1. The zero-order chi connectivity index (χ0) is 11.1. The highest BCUT2D eigenvalue weighted by molar-refractivity contribution is 5.37. The lowest BCUT2D eigenvalue weighted by Crippen LogP contribution is -2.20. The zero-order valence-electron chi connectivity index (χ0n) is 8.93. The highest BCUT2D eigenvalue weighted by atomic mass is 16.5. The van der Waals surface area contributed by atoms with Crippen LogP contribution >= 0.6 is 0 Å². The van der Waals surface area contributed by atoms with E-state index in [0.29, 0.717) is 24.7 Å². The van der Waals surface area contributed by atoms with Crippen LogP contribution in [0.5, 0.6) is 5.88 Å². The summed E-state index contributed by atoms with van der Waals surface area (Å²) < 4.78 is 10.7. The van der Waals surface area contributed by atoms with Gasteiger partial charge in [-0.05, 0) is 26.0 Å². The number of pyridine rings is 1. The minimum absolute atomic E-state index is 0.105. The molecule has 0 N–H and O–H groups in total. The number of hydrogen-bond acceptors (Lipinski definition) is 4. The third-order valence-electron chi connectivity index (χ3n) is 1.76. The quantitative estimate of drug-likeness (QED) is 0.736. The van der Waals surface area contributed by atoms with Gasteiger partial charge in [0.05, 0.1) is 6.61 Å². The molecule has 0 saturated heterocycles. The van der Waals surface area contributed by atoms with Gasteiger partial charge in [-0.3, -0.25) is 0 Å². The van der Waals surface area contributed by atoms with Crippen molar-refractivity contribution >= 4 is 0 Å². The third-order valence-corrected chi connectivity index (χ3v) is 1.76. The second kappa shape index (κ2) is 5.99. The Labute approximate surface area is 89.5 Å². The molecular weight excluding hydrogens is 192 g/mol. The Morgan fingerprint density at radius 2 is 2.40 bits per heavy atom. The lowest BCUT2D eigenvalue weighted by molar-refractivity contribution is 0.0632. The van der Waals surface area contributed by atoms with Crippen LogP contribution in [0, 0.1) is 11.3 Å². The van der Waals surface area contributed by atoms with Gasteiger partial charge in [0.25, 0.3) is 0 Å². The second-order valence-electron chi connectivity index (χ2n) is 3.06. The third kappa shape index (κ3) is 3.56. The van der Waals surface area contributed by atoms with Gasteiger partial charge < -0.3 is 9.47 Å². The number of hydrogen-bond donors (Lipinski definition) is 0. The van der Waals surface area contributed by atoms with Gasteiger partial charge in [-0.1, -0.05) is 0 Å². The van der Waals surface area contributed by atoms with Crippen molar-refractivity contribution in [1.82, 2.24) is 4.98 Å². The zero-order valence-corrected chi connectivity index (χ0v) is 8.93. The molecule has 15 heavy (non-hydrogen) atoms. The number of ether oxygens (including phenoxy) is 2. The first-order valence-electron chi connectivity index (χ1n) is 4.87. The first-order chi connectivity index (χ1) is 7.27. The number of nitriles is 1. The van der Waals surface area contributed by atoms with E-state index in [2.05, 4.69) is 4.98 Å². The van der Waals surface area contributed by atoms with Crippen LogP contribution in [0.1, 0.15) is 19.4 Å². The second-order valence-corrected chi connectivity index (χ2v) is 3.06. The summed E-state index contributed by atoms with van der Waals surface area (Å²) in [6.07, 6.45) is 1.50. The molecule has 4 heteroatoms. The lowest BCUT2D eigenvalue weighted by Gasteiger charge is -2.13. The van der Waals surface area contributed by atoms with Crippen LogP contribution in [-0.2, 0) is 4.74 Å². The summed E-state index contributed by atoms with van der Waals surface area (Å²) in [5.74, 6) is 0.368. The molecule has 1 rings (SSSR count). The van der Waals surface area contributed by atoms with Crippen LogP contribution in [0.15, 0.2) is 18.3 Å². The molecule has 0 saturated carbocycles. The van der Waals surface area contributed by atoms with Gasteiger partial charge in [0.15, 0.2) is 0 Å². The van der Waals surface area contributed by atoms with Crippen molar-refractivity contribution in [3.05, 3.63) is 23.9 Å². The van der Waals surface area contributed by atoms with Crippen molar-refractivity contribution in [2.24, 2.45) is 0 Å². The van der Waals surface area contributed by atoms with Crippen LogP contribution in [0.4, 0.5) is 0 Å². The highest BCUT2D eigenvalue weighted by Crippen LogP contribution is 2.14.